The summed E-state index contributed by atoms with van der Waals surface area (Å²) in [5.74, 6) is -3.99. The highest BCUT2D eigenvalue weighted by molar-refractivity contribution is 6.27. The highest BCUT2D eigenvalue weighted by Crippen LogP contribution is 2.28. The summed E-state index contributed by atoms with van der Waals surface area (Å²) in [5.41, 5.74) is 2.19. The molecule has 2 N–H and O–H groups in total. The summed E-state index contributed by atoms with van der Waals surface area (Å²) in [5, 5.41) is 14.8. The van der Waals surface area contributed by atoms with Crippen LogP contribution in [0.2, 0.25) is 0 Å². The third-order valence-corrected chi connectivity index (χ3v) is 3.27. The molecule has 7 nitrogen and oxygen atoms in total. The molecular formula is C16H19NO6. The Labute approximate surface area is 133 Å². The molecule has 0 aromatic heterocycles. The third kappa shape index (κ3) is 5.55. The molecule has 0 spiro atoms. The molecule has 0 amide bonds. The molecule has 1 unspecified atom stereocenters. The van der Waals surface area contributed by atoms with E-state index in [-0.39, 0.29) is 11.9 Å². The van der Waals surface area contributed by atoms with Crippen molar-refractivity contribution in [1.82, 2.24) is 4.90 Å². The average molecular weight is 321 g/mol. The molecule has 0 aliphatic carbocycles. The number of hydrogen-bond donors (Lipinski definition) is 2. The number of nitrogens with zero attached hydrogens (tertiary/aromatic N) is 1. The number of methoxy groups -OCH3 is 1. The van der Waals surface area contributed by atoms with Gasteiger partial charge in [0, 0.05) is 13.1 Å². The van der Waals surface area contributed by atoms with E-state index < -0.39 is 11.9 Å². The van der Waals surface area contributed by atoms with Crippen LogP contribution in [0, 0.1) is 5.92 Å². The second kappa shape index (κ2) is 8.70. The topological polar surface area (TPSA) is 104 Å². The molecule has 1 aromatic carbocycles. The molecule has 1 aliphatic rings. The summed E-state index contributed by atoms with van der Waals surface area (Å²) < 4.78 is 4.88. The summed E-state index contributed by atoms with van der Waals surface area (Å²) in [7, 11) is 3.45. The van der Waals surface area contributed by atoms with Gasteiger partial charge in [-0.05, 0) is 18.2 Å². The number of carboxylic acids is 2. The quantitative estimate of drug-likeness (QED) is 0.617. The number of hydrogen-bond acceptors (Lipinski definition) is 5. The Hall–Kier alpha value is -2.67. The first-order valence-electron chi connectivity index (χ1n) is 6.84. The van der Waals surface area contributed by atoms with E-state index in [9.17, 15) is 4.79 Å². The molecule has 7 heteroatoms. The lowest BCUT2D eigenvalue weighted by atomic mass is 9.89. The minimum absolute atomic E-state index is 0.161. The fourth-order valence-electron chi connectivity index (χ4n) is 2.17. The maximum absolute atomic E-state index is 11.8. The van der Waals surface area contributed by atoms with Gasteiger partial charge < -0.3 is 19.8 Å². The van der Waals surface area contributed by atoms with Crippen LogP contribution in [0.3, 0.4) is 0 Å². The number of aliphatic carboxylic acids is 2. The molecular weight excluding hydrogens is 302 g/mol. The van der Waals surface area contributed by atoms with E-state index >= 15 is 0 Å². The maximum Gasteiger partial charge on any atom is 0.414 e. The van der Waals surface area contributed by atoms with Gasteiger partial charge in [0.1, 0.15) is 0 Å². The van der Waals surface area contributed by atoms with Crippen LogP contribution in [0.1, 0.15) is 5.56 Å². The molecule has 0 bridgehead atoms. The number of ether oxygens (including phenoxy) is 1. The maximum atomic E-state index is 11.8. The summed E-state index contributed by atoms with van der Waals surface area (Å²) in [4.78, 5) is 32.1. The number of benzene rings is 1. The van der Waals surface area contributed by atoms with Crippen LogP contribution in [0.25, 0.3) is 5.57 Å². The van der Waals surface area contributed by atoms with E-state index in [0.717, 1.165) is 17.7 Å². The zero-order valence-corrected chi connectivity index (χ0v) is 12.9. The molecule has 2 rings (SSSR count). The fourth-order valence-corrected chi connectivity index (χ4v) is 2.17. The van der Waals surface area contributed by atoms with Crippen molar-refractivity contribution in [2.24, 2.45) is 5.92 Å². The number of esters is 1. The number of carboxylic acid groups (broad SMARTS) is 2. The van der Waals surface area contributed by atoms with Crippen molar-refractivity contribution in [3.05, 3.63) is 42.0 Å². The van der Waals surface area contributed by atoms with Crippen molar-refractivity contribution >= 4 is 23.5 Å². The Morgan fingerprint density at radius 2 is 1.70 bits per heavy atom. The number of rotatable bonds is 2. The Kier molecular flexibility index (Phi) is 6.95. The molecule has 1 atom stereocenters. The third-order valence-electron chi connectivity index (χ3n) is 3.27. The van der Waals surface area contributed by atoms with E-state index in [4.69, 9.17) is 24.5 Å². The SMILES string of the molecule is COC(=O)C1CN(C)CC=C1c1ccccc1.O=C(O)C(=O)O. The minimum Gasteiger partial charge on any atom is -0.473 e. The standard InChI is InChI=1S/C14H17NO2.C2H2O4/c1-15-9-8-12(11-6-4-3-5-7-11)13(10-15)14(16)17-2;3-1(4)2(5)6/h3-8,13H,9-10H2,1-2H3;(H,3,4)(H,5,6). The largest absolute Gasteiger partial charge is 0.473 e. The van der Waals surface area contributed by atoms with E-state index in [1.807, 2.05) is 37.4 Å². The molecule has 23 heavy (non-hydrogen) atoms. The second-order valence-corrected chi connectivity index (χ2v) is 4.93. The zero-order valence-electron chi connectivity index (χ0n) is 12.9. The first-order chi connectivity index (χ1) is 10.9. The van der Waals surface area contributed by atoms with Gasteiger partial charge in [-0.1, -0.05) is 36.4 Å². The van der Waals surface area contributed by atoms with Gasteiger partial charge >= 0.3 is 17.9 Å². The van der Waals surface area contributed by atoms with Crippen LogP contribution in [0.5, 0.6) is 0 Å². The van der Waals surface area contributed by atoms with Gasteiger partial charge in [0.2, 0.25) is 0 Å². The summed E-state index contributed by atoms with van der Waals surface area (Å²) in [6.45, 7) is 1.59. The first-order valence-corrected chi connectivity index (χ1v) is 6.84. The van der Waals surface area contributed by atoms with Gasteiger partial charge in [0.05, 0.1) is 13.0 Å². The Bertz CT molecular complexity index is 584. The fraction of sp³-hybridized carbons (Fsp3) is 0.312. The van der Waals surface area contributed by atoms with E-state index in [2.05, 4.69) is 11.0 Å². The van der Waals surface area contributed by atoms with Gasteiger partial charge in [0.25, 0.3) is 0 Å². The predicted molar refractivity (Wildman–Crippen MR) is 82.7 cm³/mol. The van der Waals surface area contributed by atoms with Crippen molar-refractivity contribution in [2.75, 3.05) is 27.2 Å². The summed E-state index contributed by atoms with van der Waals surface area (Å²) in [6, 6.07) is 10.0. The molecule has 1 heterocycles. The Balaban J connectivity index is 0.000000379. The molecule has 1 aliphatic heterocycles. The first kappa shape index (κ1) is 18.4. The van der Waals surface area contributed by atoms with E-state index in [0.29, 0.717) is 6.54 Å². The summed E-state index contributed by atoms with van der Waals surface area (Å²) >= 11 is 0. The number of carbonyl (C=O) groups excluding carboxylic acids is 1. The molecule has 0 saturated carbocycles. The average Bonchev–Trinajstić information content (AvgIpc) is 2.55. The Morgan fingerprint density at radius 1 is 1.13 bits per heavy atom. The smallest absolute Gasteiger partial charge is 0.414 e. The monoisotopic (exact) mass is 321 g/mol. The van der Waals surface area contributed by atoms with Gasteiger partial charge in [-0.3, -0.25) is 4.79 Å². The lowest BCUT2D eigenvalue weighted by Crippen LogP contribution is -2.35. The summed E-state index contributed by atoms with van der Waals surface area (Å²) in [6.07, 6.45) is 2.11. The van der Waals surface area contributed by atoms with Gasteiger partial charge in [-0.25, -0.2) is 9.59 Å². The second-order valence-electron chi connectivity index (χ2n) is 4.93. The molecule has 1 aromatic rings. The van der Waals surface area contributed by atoms with E-state index in [1.165, 1.54) is 7.11 Å². The lowest BCUT2D eigenvalue weighted by molar-refractivity contribution is -0.159. The number of likely N-dealkylation sites (N-methyl/N-ethyl adjacent to an activating group) is 1. The van der Waals surface area contributed by atoms with Crippen LogP contribution >= 0.6 is 0 Å². The van der Waals surface area contributed by atoms with Gasteiger partial charge in [0.15, 0.2) is 0 Å². The van der Waals surface area contributed by atoms with Gasteiger partial charge in [-0.2, -0.15) is 0 Å². The highest BCUT2D eigenvalue weighted by atomic mass is 16.5. The molecule has 0 saturated heterocycles. The molecule has 0 fully saturated rings. The normalized spacial score (nSPS) is 17.3. The van der Waals surface area contributed by atoms with E-state index in [1.54, 1.807) is 0 Å². The Morgan fingerprint density at radius 3 is 2.17 bits per heavy atom. The van der Waals surface area contributed by atoms with Crippen LogP contribution in [-0.2, 0) is 19.1 Å². The number of carbonyl (C=O) groups is 3. The van der Waals surface area contributed by atoms with Crippen LogP contribution in [0.15, 0.2) is 36.4 Å². The van der Waals surface area contributed by atoms with Crippen molar-refractivity contribution in [3.8, 4) is 0 Å². The van der Waals surface area contributed by atoms with Crippen molar-refractivity contribution in [2.45, 2.75) is 0 Å². The van der Waals surface area contributed by atoms with Crippen molar-refractivity contribution < 1.29 is 29.3 Å². The van der Waals surface area contributed by atoms with Crippen LogP contribution in [0.4, 0.5) is 0 Å². The van der Waals surface area contributed by atoms with Crippen LogP contribution < -0.4 is 0 Å². The van der Waals surface area contributed by atoms with Crippen molar-refractivity contribution in [3.63, 3.8) is 0 Å². The van der Waals surface area contributed by atoms with Gasteiger partial charge in [-0.15, -0.1) is 0 Å². The molecule has 124 valence electrons. The lowest BCUT2D eigenvalue weighted by Gasteiger charge is -2.28. The minimum atomic E-state index is -1.82. The van der Waals surface area contributed by atoms with Crippen LogP contribution in [-0.4, -0.2) is 60.3 Å². The predicted octanol–water partition coefficient (Wildman–Crippen LogP) is 0.960. The zero-order chi connectivity index (χ0) is 17.4. The molecule has 0 radical (unpaired) electrons. The van der Waals surface area contributed by atoms with Crippen molar-refractivity contribution in [1.29, 1.82) is 0 Å². The highest BCUT2D eigenvalue weighted by Gasteiger charge is 2.28.